The number of carbonyl (C=O) groups is 2. The van der Waals surface area contributed by atoms with E-state index in [1.165, 1.54) is 24.3 Å². The number of aliphatic hydroxyl groups excluding tert-OH is 1. The normalized spacial score (nSPS) is 15.5. The summed E-state index contributed by atoms with van der Waals surface area (Å²) in [6.45, 7) is 4.06. The van der Waals surface area contributed by atoms with Crippen LogP contribution in [0.5, 0.6) is 0 Å². The summed E-state index contributed by atoms with van der Waals surface area (Å²) in [4.78, 5) is 26.7. The molecule has 0 fully saturated rings. The number of nitrogens with one attached hydrogen (secondary N) is 1. The summed E-state index contributed by atoms with van der Waals surface area (Å²) in [7, 11) is 0. The SMILES string of the molecule is C[C@H](C(=O)Nc1ccc(F)cc1)c1ccc2c(c1)CCCN2C(=O)C[C@@H](C)O. The van der Waals surface area contributed by atoms with E-state index in [0.29, 0.717) is 12.2 Å². The topological polar surface area (TPSA) is 69.6 Å². The van der Waals surface area contributed by atoms with Gasteiger partial charge in [0, 0.05) is 17.9 Å². The summed E-state index contributed by atoms with van der Waals surface area (Å²) in [5.41, 5.74) is 3.30. The molecule has 0 aliphatic carbocycles. The van der Waals surface area contributed by atoms with Crippen LogP contribution in [0.3, 0.4) is 0 Å². The van der Waals surface area contributed by atoms with Crippen LogP contribution in [0.15, 0.2) is 42.5 Å². The summed E-state index contributed by atoms with van der Waals surface area (Å²) in [6.07, 6.45) is 1.11. The molecule has 2 aromatic rings. The van der Waals surface area contributed by atoms with Crippen LogP contribution in [0.25, 0.3) is 0 Å². The number of benzene rings is 2. The molecule has 3 rings (SSSR count). The highest BCUT2D eigenvalue weighted by Crippen LogP contribution is 2.31. The average molecular weight is 384 g/mol. The van der Waals surface area contributed by atoms with Crippen molar-refractivity contribution < 1.29 is 19.1 Å². The van der Waals surface area contributed by atoms with E-state index in [-0.39, 0.29) is 30.0 Å². The molecule has 5 nitrogen and oxygen atoms in total. The van der Waals surface area contributed by atoms with Crippen LogP contribution in [0.1, 0.15) is 43.7 Å². The second kappa shape index (κ2) is 8.52. The smallest absolute Gasteiger partial charge is 0.231 e. The fourth-order valence-electron chi connectivity index (χ4n) is 3.44. The van der Waals surface area contributed by atoms with E-state index >= 15 is 0 Å². The molecule has 1 aliphatic rings. The number of anilines is 2. The van der Waals surface area contributed by atoms with Gasteiger partial charge in [0.2, 0.25) is 11.8 Å². The predicted octanol–water partition coefficient (Wildman–Crippen LogP) is 3.62. The molecular formula is C22H25FN2O3. The lowest BCUT2D eigenvalue weighted by Gasteiger charge is -2.30. The van der Waals surface area contributed by atoms with E-state index in [1.54, 1.807) is 11.8 Å². The number of carbonyl (C=O) groups excluding carboxylic acids is 2. The summed E-state index contributed by atoms with van der Waals surface area (Å²) in [6, 6.07) is 11.4. The Morgan fingerprint density at radius 2 is 1.89 bits per heavy atom. The zero-order valence-corrected chi connectivity index (χ0v) is 16.1. The van der Waals surface area contributed by atoms with Gasteiger partial charge in [0.05, 0.1) is 18.4 Å². The van der Waals surface area contributed by atoms with Crippen molar-refractivity contribution in [3.05, 3.63) is 59.4 Å². The molecule has 28 heavy (non-hydrogen) atoms. The van der Waals surface area contributed by atoms with Crippen LogP contribution in [-0.4, -0.2) is 29.6 Å². The molecule has 2 aromatic carbocycles. The van der Waals surface area contributed by atoms with Crippen molar-refractivity contribution in [3.8, 4) is 0 Å². The second-order valence-corrected chi connectivity index (χ2v) is 7.31. The Bertz CT molecular complexity index is 865. The summed E-state index contributed by atoms with van der Waals surface area (Å²) in [5.74, 6) is -1.01. The monoisotopic (exact) mass is 384 g/mol. The third-order valence-corrected chi connectivity index (χ3v) is 5.00. The highest BCUT2D eigenvalue weighted by molar-refractivity contribution is 5.97. The van der Waals surface area contributed by atoms with Crippen molar-refractivity contribution in [2.75, 3.05) is 16.8 Å². The molecule has 0 aromatic heterocycles. The van der Waals surface area contributed by atoms with Gasteiger partial charge in [-0.25, -0.2) is 4.39 Å². The van der Waals surface area contributed by atoms with Gasteiger partial charge in [0.15, 0.2) is 0 Å². The van der Waals surface area contributed by atoms with E-state index in [2.05, 4.69) is 5.32 Å². The predicted molar refractivity (Wildman–Crippen MR) is 107 cm³/mol. The highest BCUT2D eigenvalue weighted by atomic mass is 19.1. The Kier molecular flexibility index (Phi) is 6.09. The minimum atomic E-state index is -0.674. The minimum Gasteiger partial charge on any atom is -0.393 e. The van der Waals surface area contributed by atoms with Crippen LogP contribution in [0.4, 0.5) is 15.8 Å². The molecule has 0 saturated heterocycles. The molecule has 0 spiro atoms. The van der Waals surface area contributed by atoms with Gasteiger partial charge in [-0.15, -0.1) is 0 Å². The Morgan fingerprint density at radius 1 is 1.18 bits per heavy atom. The third kappa shape index (κ3) is 4.57. The molecule has 148 valence electrons. The highest BCUT2D eigenvalue weighted by Gasteiger charge is 2.25. The maximum Gasteiger partial charge on any atom is 0.231 e. The Labute approximate surface area is 164 Å². The van der Waals surface area contributed by atoms with Gasteiger partial charge in [-0.2, -0.15) is 0 Å². The number of fused-ring (bicyclic) bond motifs is 1. The fourth-order valence-corrected chi connectivity index (χ4v) is 3.44. The molecule has 6 heteroatoms. The van der Waals surface area contributed by atoms with E-state index in [0.717, 1.165) is 29.7 Å². The number of aryl methyl sites for hydroxylation is 1. The van der Waals surface area contributed by atoms with E-state index < -0.39 is 6.10 Å². The minimum absolute atomic E-state index is 0.0919. The molecule has 1 heterocycles. The van der Waals surface area contributed by atoms with Gasteiger partial charge in [-0.1, -0.05) is 12.1 Å². The molecule has 0 unspecified atom stereocenters. The molecule has 0 saturated carbocycles. The second-order valence-electron chi connectivity index (χ2n) is 7.31. The number of hydrogen-bond donors (Lipinski definition) is 2. The number of nitrogens with zero attached hydrogens (tertiary/aromatic N) is 1. The number of amides is 2. The molecule has 2 atom stereocenters. The van der Waals surface area contributed by atoms with Crippen LogP contribution < -0.4 is 10.2 Å². The standard InChI is InChI=1S/C22H25FN2O3/c1-14(26)12-21(27)25-11-3-4-17-13-16(5-10-20(17)25)15(2)22(28)24-19-8-6-18(23)7-9-19/h5-10,13-15,26H,3-4,11-12H2,1-2H3,(H,24,28)/t14-,15+/m1/s1. The van der Waals surface area contributed by atoms with Crippen molar-refractivity contribution in [1.82, 2.24) is 0 Å². The first-order valence-corrected chi connectivity index (χ1v) is 9.53. The Hall–Kier alpha value is -2.73. The molecular weight excluding hydrogens is 359 g/mol. The lowest BCUT2D eigenvalue weighted by atomic mass is 9.93. The maximum absolute atomic E-state index is 13.0. The van der Waals surface area contributed by atoms with Crippen molar-refractivity contribution >= 4 is 23.2 Å². The van der Waals surface area contributed by atoms with Gasteiger partial charge in [-0.05, 0) is 68.1 Å². The Balaban J connectivity index is 1.75. The summed E-state index contributed by atoms with van der Waals surface area (Å²) >= 11 is 0. The average Bonchev–Trinajstić information content (AvgIpc) is 2.67. The van der Waals surface area contributed by atoms with Crippen molar-refractivity contribution in [3.63, 3.8) is 0 Å². The van der Waals surface area contributed by atoms with Crippen LogP contribution in [0, 0.1) is 5.82 Å². The number of rotatable bonds is 5. The van der Waals surface area contributed by atoms with E-state index in [9.17, 15) is 19.1 Å². The number of aliphatic hydroxyl groups is 1. The van der Waals surface area contributed by atoms with Gasteiger partial charge in [0.1, 0.15) is 5.82 Å². The quantitative estimate of drug-likeness (QED) is 0.827. The first-order valence-electron chi connectivity index (χ1n) is 9.53. The first kappa shape index (κ1) is 20.0. The zero-order chi connectivity index (χ0) is 20.3. The number of hydrogen-bond acceptors (Lipinski definition) is 3. The first-order chi connectivity index (χ1) is 13.3. The van der Waals surface area contributed by atoms with E-state index in [4.69, 9.17) is 0 Å². The molecule has 0 radical (unpaired) electrons. The van der Waals surface area contributed by atoms with Crippen molar-refractivity contribution in [1.29, 1.82) is 0 Å². The van der Waals surface area contributed by atoms with Crippen molar-refractivity contribution in [2.24, 2.45) is 0 Å². The van der Waals surface area contributed by atoms with Crippen molar-refractivity contribution in [2.45, 2.75) is 45.1 Å². The summed E-state index contributed by atoms with van der Waals surface area (Å²) in [5, 5.41) is 12.3. The largest absolute Gasteiger partial charge is 0.393 e. The fraction of sp³-hybridized carbons (Fsp3) is 0.364. The van der Waals surface area contributed by atoms with Gasteiger partial charge in [0.25, 0.3) is 0 Å². The molecule has 2 amide bonds. The third-order valence-electron chi connectivity index (χ3n) is 5.00. The molecule has 1 aliphatic heterocycles. The van der Waals surface area contributed by atoms with Gasteiger partial charge >= 0.3 is 0 Å². The van der Waals surface area contributed by atoms with Crippen LogP contribution >= 0.6 is 0 Å². The Morgan fingerprint density at radius 3 is 2.57 bits per heavy atom. The maximum atomic E-state index is 13.0. The van der Waals surface area contributed by atoms with Crippen LogP contribution in [0.2, 0.25) is 0 Å². The van der Waals surface area contributed by atoms with Gasteiger partial charge < -0.3 is 15.3 Å². The lowest BCUT2D eigenvalue weighted by molar-refractivity contribution is -0.120. The molecule has 2 N–H and O–H groups in total. The van der Waals surface area contributed by atoms with Gasteiger partial charge in [-0.3, -0.25) is 9.59 Å². The van der Waals surface area contributed by atoms with Crippen LogP contribution in [-0.2, 0) is 16.0 Å². The lowest BCUT2D eigenvalue weighted by Crippen LogP contribution is -2.37. The van der Waals surface area contributed by atoms with E-state index in [1.807, 2.05) is 25.1 Å². The molecule has 0 bridgehead atoms. The number of halogens is 1. The zero-order valence-electron chi connectivity index (χ0n) is 16.1. The summed E-state index contributed by atoms with van der Waals surface area (Å²) < 4.78 is 13.0.